The molecule has 0 aliphatic carbocycles. The first-order valence-corrected chi connectivity index (χ1v) is 10.2. The zero-order valence-electron chi connectivity index (χ0n) is 16.2. The number of hydrogen-bond donors (Lipinski definition) is 2. The molecule has 3 aromatic rings. The second-order valence-corrected chi connectivity index (χ2v) is 7.78. The normalized spacial score (nSPS) is 10.6. The molecule has 0 saturated heterocycles. The Labute approximate surface area is 179 Å². The highest BCUT2D eigenvalue weighted by molar-refractivity contribution is 9.10. The fraction of sp³-hybridized carbons (Fsp3) is 0.167. The van der Waals surface area contributed by atoms with Gasteiger partial charge in [0.25, 0.3) is 0 Å². The van der Waals surface area contributed by atoms with Crippen molar-refractivity contribution >= 4 is 33.4 Å². The molecule has 4 nitrogen and oxygen atoms in total. The van der Waals surface area contributed by atoms with Crippen LogP contribution in [0, 0.1) is 6.92 Å². The Bertz CT molecular complexity index is 935. The van der Waals surface area contributed by atoms with Gasteiger partial charge in [0.05, 0.1) is 6.54 Å². The van der Waals surface area contributed by atoms with E-state index in [0.29, 0.717) is 0 Å². The lowest BCUT2D eigenvalue weighted by Gasteiger charge is -2.18. The topological polar surface area (TPSA) is 58.2 Å². The van der Waals surface area contributed by atoms with E-state index in [0.717, 1.165) is 26.9 Å². The lowest BCUT2D eigenvalue weighted by Crippen LogP contribution is -2.33. The average molecular weight is 451 g/mol. The van der Waals surface area contributed by atoms with Crippen LogP contribution in [0.4, 0.5) is 5.69 Å². The summed E-state index contributed by atoms with van der Waals surface area (Å²) in [6.07, 6.45) is 0.276. The monoisotopic (exact) mass is 450 g/mol. The smallest absolute Gasteiger partial charge is 0.243 e. The standard InChI is InChI=1S/C24H23BrN2O2/c1-17-14-20(25)12-13-22(17)27-24(29)16-26-23(28)15-21(18-8-4-2-5-9-18)19-10-6-3-7-11-19/h2-14,21H,15-16H2,1H3,(H,26,28)(H,27,29). The SMILES string of the molecule is Cc1cc(Br)ccc1NC(=O)CNC(=O)CC(c1ccccc1)c1ccccc1. The molecule has 29 heavy (non-hydrogen) atoms. The van der Waals surface area contributed by atoms with E-state index in [1.165, 1.54) is 0 Å². The van der Waals surface area contributed by atoms with E-state index in [4.69, 9.17) is 0 Å². The lowest BCUT2D eigenvalue weighted by molar-refractivity contribution is -0.124. The molecular formula is C24H23BrN2O2. The summed E-state index contributed by atoms with van der Waals surface area (Å²) < 4.78 is 0.953. The molecule has 0 saturated carbocycles. The number of carbonyl (C=O) groups is 2. The zero-order chi connectivity index (χ0) is 20.6. The van der Waals surface area contributed by atoms with Gasteiger partial charge < -0.3 is 10.6 Å². The second kappa shape index (κ2) is 10.0. The van der Waals surface area contributed by atoms with Crippen molar-refractivity contribution in [2.45, 2.75) is 19.3 Å². The Kier molecular flexibility index (Phi) is 7.19. The van der Waals surface area contributed by atoms with Gasteiger partial charge in [0, 0.05) is 22.5 Å². The van der Waals surface area contributed by atoms with E-state index in [-0.39, 0.29) is 30.7 Å². The Morgan fingerprint density at radius 1 is 0.862 bits per heavy atom. The van der Waals surface area contributed by atoms with Gasteiger partial charge in [0.1, 0.15) is 0 Å². The van der Waals surface area contributed by atoms with Gasteiger partial charge >= 0.3 is 0 Å². The molecule has 0 heterocycles. The van der Waals surface area contributed by atoms with Gasteiger partial charge in [-0.3, -0.25) is 9.59 Å². The molecule has 3 aromatic carbocycles. The van der Waals surface area contributed by atoms with Gasteiger partial charge in [-0.2, -0.15) is 0 Å². The molecular weight excluding hydrogens is 428 g/mol. The number of nitrogens with one attached hydrogen (secondary N) is 2. The Morgan fingerprint density at radius 2 is 1.45 bits per heavy atom. The summed E-state index contributed by atoms with van der Waals surface area (Å²) in [6, 6.07) is 25.5. The maximum Gasteiger partial charge on any atom is 0.243 e. The third kappa shape index (κ3) is 6.03. The van der Waals surface area contributed by atoms with Crippen molar-refractivity contribution in [3.8, 4) is 0 Å². The highest BCUT2D eigenvalue weighted by Crippen LogP contribution is 2.27. The minimum absolute atomic E-state index is 0.0609. The summed E-state index contributed by atoms with van der Waals surface area (Å²) in [5.74, 6) is -0.473. The minimum atomic E-state index is -0.250. The molecule has 0 radical (unpaired) electrons. The Balaban J connectivity index is 1.61. The summed E-state index contributed by atoms with van der Waals surface area (Å²) in [5, 5.41) is 5.58. The van der Waals surface area contributed by atoms with Crippen LogP contribution >= 0.6 is 15.9 Å². The molecule has 148 valence electrons. The Morgan fingerprint density at radius 3 is 2.00 bits per heavy atom. The van der Waals surface area contributed by atoms with Crippen LogP contribution in [0.1, 0.15) is 29.0 Å². The number of amides is 2. The van der Waals surface area contributed by atoms with Gasteiger partial charge in [-0.25, -0.2) is 0 Å². The van der Waals surface area contributed by atoms with Crippen LogP contribution in [0.2, 0.25) is 0 Å². The number of hydrogen-bond acceptors (Lipinski definition) is 2. The third-order valence-electron chi connectivity index (χ3n) is 4.70. The van der Waals surface area contributed by atoms with E-state index >= 15 is 0 Å². The van der Waals surface area contributed by atoms with Gasteiger partial charge in [0.2, 0.25) is 11.8 Å². The molecule has 0 fully saturated rings. The molecule has 2 amide bonds. The van der Waals surface area contributed by atoms with Gasteiger partial charge in [-0.1, -0.05) is 76.6 Å². The molecule has 0 spiro atoms. The lowest BCUT2D eigenvalue weighted by atomic mass is 9.88. The average Bonchev–Trinajstić information content (AvgIpc) is 2.74. The van der Waals surface area contributed by atoms with Crippen molar-refractivity contribution in [3.63, 3.8) is 0 Å². The first-order chi connectivity index (χ1) is 14.0. The van der Waals surface area contributed by atoms with Gasteiger partial charge in [-0.15, -0.1) is 0 Å². The maximum absolute atomic E-state index is 12.6. The molecule has 3 rings (SSSR count). The molecule has 2 N–H and O–H groups in total. The van der Waals surface area contributed by atoms with Crippen molar-refractivity contribution in [1.82, 2.24) is 5.32 Å². The quantitative estimate of drug-likeness (QED) is 0.529. The number of anilines is 1. The second-order valence-electron chi connectivity index (χ2n) is 6.86. The number of carbonyl (C=O) groups excluding carboxylic acids is 2. The predicted molar refractivity (Wildman–Crippen MR) is 120 cm³/mol. The van der Waals surface area contributed by atoms with Crippen LogP contribution < -0.4 is 10.6 Å². The van der Waals surface area contributed by atoms with E-state index in [9.17, 15) is 9.59 Å². The molecule has 0 bridgehead atoms. The zero-order valence-corrected chi connectivity index (χ0v) is 17.8. The summed E-state index contributed by atoms with van der Waals surface area (Å²) in [6.45, 7) is 1.86. The molecule has 0 aliphatic heterocycles. The molecule has 0 aromatic heterocycles. The number of halogens is 1. The number of rotatable bonds is 7. The first-order valence-electron chi connectivity index (χ1n) is 9.45. The van der Waals surface area contributed by atoms with E-state index in [1.54, 1.807) is 0 Å². The minimum Gasteiger partial charge on any atom is -0.347 e. The van der Waals surface area contributed by atoms with E-state index in [2.05, 4.69) is 26.6 Å². The third-order valence-corrected chi connectivity index (χ3v) is 5.20. The van der Waals surface area contributed by atoms with Crippen LogP contribution in [0.25, 0.3) is 0 Å². The summed E-state index contributed by atoms with van der Waals surface area (Å²) in [4.78, 5) is 24.8. The largest absolute Gasteiger partial charge is 0.347 e. The summed E-state index contributed by atoms with van der Waals surface area (Å²) >= 11 is 3.40. The Hall–Kier alpha value is -2.92. The van der Waals surface area contributed by atoms with E-state index < -0.39 is 0 Å². The van der Waals surface area contributed by atoms with Crippen molar-refractivity contribution < 1.29 is 9.59 Å². The summed E-state index contributed by atoms with van der Waals surface area (Å²) in [7, 11) is 0. The van der Waals surface area contributed by atoms with Crippen LogP contribution in [-0.2, 0) is 9.59 Å². The molecule has 0 aliphatic rings. The van der Waals surface area contributed by atoms with Crippen LogP contribution in [-0.4, -0.2) is 18.4 Å². The van der Waals surface area contributed by atoms with Crippen molar-refractivity contribution in [3.05, 3.63) is 100 Å². The predicted octanol–water partition coefficient (Wildman–Crippen LogP) is 5.03. The molecule has 0 unspecified atom stereocenters. The molecule has 0 atom stereocenters. The number of aryl methyl sites for hydroxylation is 1. The maximum atomic E-state index is 12.6. The van der Waals surface area contributed by atoms with Gasteiger partial charge in [-0.05, 0) is 41.8 Å². The van der Waals surface area contributed by atoms with Crippen molar-refractivity contribution in [1.29, 1.82) is 0 Å². The van der Waals surface area contributed by atoms with Crippen LogP contribution in [0.5, 0.6) is 0 Å². The highest BCUT2D eigenvalue weighted by atomic mass is 79.9. The highest BCUT2D eigenvalue weighted by Gasteiger charge is 2.18. The first kappa shape index (κ1) is 20.8. The van der Waals surface area contributed by atoms with Crippen LogP contribution in [0.3, 0.4) is 0 Å². The van der Waals surface area contributed by atoms with Gasteiger partial charge in [0.15, 0.2) is 0 Å². The fourth-order valence-corrected chi connectivity index (χ4v) is 3.67. The fourth-order valence-electron chi connectivity index (χ4n) is 3.20. The van der Waals surface area contributed by atoms with Crippen molar-refractivity contribution in [2.75, 3.05) is 11.9 Å². The number of benzene rings is 3. The summed E-state index contributed by atoms with van der Waals surface area (Å²) in [5.41, 5.74) is 3.83. The van der Waals surface area contributed by atoms with Crippen LogP contribution in [0.15, 0.2) is 83.3 Å². The van der Waals surface area contributed by atoms with E-state index in [1.807, 2.05) is 85.8 Å². The molecule has 5 heteroatoms. The van der Waals surface area contributed by atoms with Crippen molar-refractivity contribution in [2.24, 2.45) is 0 Å².